The molecule has 0 aromatic carbocycles. The first-order chi connectivity index (χ1) is 4.63. The normalized spacial score (nSPS) is 9.80. The SMILES string of the molecule is Cc1c(Br)cnc(=N)n1O. The van der Waals surface area contributed by atoms with Crippen LogP contribution in [0.3, 0.4) is 0 Å². The van der Waals surface area contributed by atoms with Gasteiger partial charge in [0.25, 0.3) is 5.62 Å². The summed E-state index contributed by atoms with van der Waals surface area (Å²) in [5, 5.41) is 16.1. The highest BCUT2D eigenvalue weighted by atomic mass is 79.9. The van der Waals surface area contributed by atoms with Crippen molar-refractivity contribution in [3.05, 3.63) is 22.0 Å². The molecule has 0 aliphatic heterocycles. The summed E-state index contributed by atoms with van der Waals surface area (Å²) in [5.41, 5.74) is 0.403. The average Bonchev–Trinajstić information content (AvgIpc) is 1.93. The molecule has 4 nitrogen and oxygen atoms in total. The average molecular weight is 204 g/mol. The van der Waals surface area contributed by atoms with Crippen LogP contribution in [0.25, 0.3) is 0 Å². The van der Waals surface area contributed by atoms with Gasteiger partial charge in [-0.05, 0) is 22.9 Å². The van der Waals surface area contributed by atoms with Gasteiger partial charge in [-0.1, -0.05) is 0 Å². The van der Waals surface area contributed by atoms with Crippen molar-refractivity contribution in [2.45, 2.75) is 6.92 Å². The molecule has 0 atom stereocenters. The van der Waals surface area contributed by atoms with E-state index in [1.807, 2.05) is 0 Å². The highest BCUT2D eigenvalue weighted by Gasteiger charge is 1.98. The monoisotopic (exact) mass is 203 g/mol. The van der Waals surface area contributed by atoms with Gasteiger partial charge in [-0.25, -0.2) is 4.98 Å². The number of nitrogens with zero attached hydrogens (tertiary/aromatic N) is 2. The zero-order valence-corrected chi connectivity index (χ0v) is 6.88. The minimum atomic E-state index is -0.166. The number of aromatic nitrogens is 2. The van der Waals surface area contributed by atoms with Crippen molar-refractivity contribution >= 4 is 15.9 Å². The summed E-state index contributed by atoms with van der Waals surface area (Å²) in [6.45, 7) is 1.68. The van der Waals surface area contributed by atoms with Crippen LogP contribution < -0.4 is 5.62 Å². The molecule has 10 heavy (non-hydrogen) atoms. The lowest BCUT2D eigenvalue weighted by Crippen LogP contribution is -2.22. The first kappa shape index (κ1) is 7.27. The highest BCUT2D eigenvalue weighted by molar-refractivity contribution is 9.10. The third-order valence-corrected chi connectivity index (χ3v) is 1.94. The zero-order chi connectivity index (χ0) is 7.72. The van der Waals surface area contributed by atoms with E-state index in [2.05, 4.69) is 20.9 Å². The van der Waals surface area contributed by atoms with Gasteiger partial charge in [0.2, 0.25) is 0 Å². The number of nitrogens with one attached hydrogen (secondary N) is 1. The van der Waals surface area contributed by atoms with E-state index in [9.17, 15) is 0 Å². The van der Waals surface area contributed by atoms with E-state index in [1.165, 1.54) is 6.20 Å². The summed E-state index contributed by atoms with van der Waals surface area (Å²) in [7, 11) is 0. The van der Waals surface area contributed by atoms with E-state index in [-0.39, 0.29) is 5.62 Å². The van der Waals surface area contributed by atoms with Gasteiger partial charge < -0.3 is 5.21 Å². The Morgan fingerprint density at radius 3 is 2.90 bits per heavy atom. The fraction of sp³-hybridized carbons (Fsp3) is 0.200. The van der Waals surface area contributed by atoms with Crippen LogP contribution in [-0.2, 0) is 0 Å². The lowest BCUT2D eigenvalue weighted by Gasteiger charge is -2.01. The second-order valence-corrected chi connectivity index (χ2v) is 2.68. The summed E-state index contributed by atoms with van der Waals surface area (Å²) in [6, 6.07) is 0. The second kappa shape index (κ2) is 2.42. The molecule has 1 aromatic rings. The summed E-state index contributed by atoms with van der Waals surface area (Å²) >= 11 is 3.15. The van der Waals surface area contributed by atoms with E-state index in [0.717, 1.165) is 0 Å². The number of hydrogen-bond acceptors (Lipinski definition) is 3. The van der Waals surface area contributed by atoms with Crippen LogP contribution in [0, 0.1) is 12.3 Å². The van der Waals surface area contributed by atoms with Crippen molar-refractivity contribution in [2.75, 3.05) is 0 Å². The first-order valence-corrected chi connectivity index (χ1v) is 3.40. The van der Waals surface area contributed by atoms with Crippen molar-refractivity contribution < 1.29 is 5.21 Å². The molecule has 0 unspecified atom stereocenters. The molecule has 0 radical (unpaired) electrons. The van der Waals surface area contributed by atoms with Gasteiger partial charge >= 0.3 is 0 Å². The Bertz CT molecular complexity index is 306. The van der Waals surface area contributed by atoms with Gasteiger partial charge in [-0.2, -0.15) is 4.73 Å². The molecular formula is C5H6BrN3O. The molecular weight excluding hydrogens is 198 g/mol. The van der Waals surface area contributed by atoms with Crippen molar-refractivity contribution in [1.29, 1.82) is 5.41 Å². The molecule has 0 spiro atoms. The van der Waals surface area contributed by atoms with Gasteiger partial charge in [0, 0.05) is 6.20 Å². The number of hydrogen-bond donors (Lipinski definition) is 2. The first-order valence-electron chi connectivity index (χ1n) is 2.61. The lowest BCUT2D eigenvalue weighted by atomic mass is 10.5. The molecule has 0 bridgehead atoms. The Balaban J connectivity index is 3.49. The van der Waals surface area contributed by atoms with Gasteiger partial charge in [0.05, 0.1) is 10.2 Å². The van der Waals surface area contributed by atoms with Gasteiger partial charge in [-0.3, -0.25) is 5.41 Å². The highest BCUT2D eigenvalue weighted by Crippen LogP contribution is 2.09. The topological polar surface area (TPSA) is 61.9 Å². The van der Waals surface area contributed by atoms with Gasteiger partial charge in [0.1, 0.15) is 0 Å². The summed E-state index contributed by atoms with van der Waals surface area (Å²) in [6.07, 6.45) is 1.48. The molecule has 0 saturated heterocycles. The number of halogens is 1. The molecule has 0 aliphatic carbocycles. The number of rotatable bonds is 0. The molecule has 0 saturated carbocycles. The quantitative estimate of drug-likeness (QED) is 0.610. The van der Waals surface area contributed by atoms with Crippen LogP contribution in [0.4, 0.5) is 0 Å². The Morgan fingerprint density at radius 1 is 1.80 bits per heavy atom. The zero-order valence-electron chi connectivity index (χ0n) is 5.30. The van der Waals surface area contributed by atoms with Gasteiger partial charge in [0.15, 0.2) is 0 Å². The van der Waals surface area contributed by atoms with Crippen LogP contribution in [0.2, 0.25) is 0 Å². The maximum atomic E-state index is 9.02. The van der Waals surface area contributed by atoms with E-state index in [4.69, 9.17) is 10.6 Å². The molecule has 1 rings (SSSR count). The maximum absolute atomic E-state index is 9.02. The summed E-state index contributed by atoms with van der Waals surface area (Å²) in [5.74, 6) is 0. The third kappa shape index (κ3) is 1.04. The predicted octanol–water partition coefficient (Wildman–Crippen LogP) is 0.671. The Labute approximate surface area is 65.7 Å². The van der Waals surface area contributed by atoms with Crippen LogP contribution >= 0.6 is 15.9 Å². The molecule has 0 amide bonds. The Morgan fingerprint density at radius 2 is 2.40 bits per heavy atom. The van der Waals surface area contributed by atoms with Crippen molar-refractivity contribution in [2.24, 2.45) is 0 Å². The van der Waals surface area contributed by atoms with Crippen molar-refractivity contribution in [3.63, 3.8) is 0 Å². The summed E-state index contributed by atoms with van der Waals surface area (Å²) < 4.78 is 1.40. The molecule has 0 aliphatic rings. The van der Waals surface area contributed by atoms with Crippen LogP contribution in [0.1, 0.15) is 5.69 Å². The van der Waals surface area contributed by atoms with E-state index < -0.39 is 0 Å². The van der Waals surface area contributed by atoms with E-state index >= 15 is 0 Å². The second-order valence-electron chi connectivity index (χ2n) is 1.83. The van der Waals surface area contributed by atoms with Crippen LogP contribution in [0.5, 0.6) is 0 Å². The third-order valence-electron chi connectivity index (χ3n) is 1.16. The molecule has 5 heteroatoms. The van der Waals surface area contributed by atoms with Crippen molar-refractivity contribution in [3.8, 4) is 0 Å². The Hall–Kier alpha value is -0.840. The van der Waals surface area contributed by atoms with E-state index in [1.54, 1.807) is 6.92 Å². The predicted molar refractivity (Wildman–Crippen MR) is 37.7 cm³/mol. The molecule has 2 N–H and O–H groups in total. The fourth-order valence-corrected chi connectivity index (χ4v) is 0.796. The molecule has 1 aromatic heterocycles. The van der Waals surface area contributed by atoms with Crippen LogP contribution in [0.15, 0.2) is 10.7 Å². The maximum Gasteiger partial charge on any atom is 0.255 e. The lowest BCUT2D eigenvalue weighted by molar-refractivity contribution is 0.157. The Kier molecular flexibility index (Phi) is 1.76. The molecule has 54 valence electrons. The van der Waals surface area contributed by atoms with Gasteiger partial charge in [-0.15, -0.1) is 0 Å². The standard InChI is InChI=1S/C5H6BrN3O/c1-3-4(6)2-8-5(7)9(3)10/h2,7,10H,1H3. The van der Waals surface area contributed by atoms with E-state index in [0.29, 0.717) is 14.9 Å². The smallest absolute Gasteiger partial charge is 0.255 e. The van der Waals surface area contributed by atoms with Crippen LogP contribution in [-0.4, -0.2) is 14.9 Å². The fourth-order valence-electron chi connectivity index (χ4n) is 0.526. The molecule has 0 fully saturated rings. The summed E-state index contributed by atoms with van der Waals surface area (Å²) in [4.78, 5) is 3.57. The van der Waals surface area contributed by atoms with Crippen molar-refractivity contribution in [1.82, 2.24) is 9.71 Å². The molecule has 1 heterocycles. The largest absolute Gasteiger partial charge is 0.425 e. The minimum absolute atomic E-state index is 0.166. The minimum Gasteiger partial charge on any atom is -0.425 e.